The van der Waals surface area contributed by atoms with Crippen molar-refractivity contribution in [3.8, 4) is 5.75 Å². The molecule has 0 aliphatic heterocycles. The molecule has 15 heavy (non-hydrogen) atoms. The minimum atomic E-state index is -0.903. The van der Waals surface area contributed by atoms with Crippen molar-refractivity contribution in [3.63, 3.8) is 0 Å². The largest absolute Gasteiger partial charge is 0.497 e. The van der Waals surface area contributed by atoms with E-state index >= 15 is 0 Å². The Kier molecular flexibility index (Phi) is 3.38. The average molecular weight is 210 g/mol. The van der Waals surface area contributed by atoms with Gasteiger partial charge < -0.3 is 20.5 Å². The molecule has 0 saturated heterocycles. The number of ether oxygens (including phenoxy) is 1. The second-order valence-corrected chi connectivity index (χ2v) is 3.17. The predicted octanol–water partition coefficient (Wildman–Crippen LogP) is 0.798. The summed E-state index contributed by atoms with van der Waals surface area (Å²) < 4.78 is 5.04. The molecule has 0 fully saturated rings. The zero-order chi connectivity index (χ0) is 11.4. The fourth-order valence-corrected chi connectivity index (χ4v) is 1.27. The molecule has 0 unspecified atom stereocenters. The lowest BCUT2D eigenvalue weighted by Crippen LogP contribution is -2.25. The van der Waals surface area contributed by atoms with Crippen molar-refractivity contribution in [2.24, 2.45) is 0 Å². The number of carbonyl (C=O) groups is 1. The maximum atomic E-state index is 10.5. The molecule has 5 heteroatoms. The van der Waals surface area contributed by atoms with E-state index < -0.39 is 5.97 Å². The van der Waals surface area contributed by atoms with Crippen LogP contribution >= 0.6 is 0 Å². The second kappa shape index (κ2) is 4.54. The number of nitrogen functional groups attached to an aromatic ring is 1. The van der Waals surface area contributed by atoms with E-state index in [0.717, 1.165) is 0 Å². The summed E-state index contributed by atoms with van der Waals surface area (Å²) in [5.74, 6) is -0.254. The molecule has 0 aliphatic carbocycles. The first-order chi connectivity index (χ1) is 7.04. The molecule has 5 nitrogen and oxygen atoms in total. The number of nitrogens with two attached hydrogens (primary N) is 1. The summed E-state index contributed by atoms with van der Waals surface area (Å²) in [5.41, 5.74) is 6.91. The summed E-state index contributed by atoms with van der Waals surface area (Å²) in [4.78, 5) is 12.1. The number of carboxylic acids is 1. The Morgan fingerprint density at radius 1 is 1.60 bits per heavy atom. The minimum Gasteiger partial charge on any atom is -0.497 e. The van der Waals surface area contributed by atoms with Crippen LogP contribution in [-0.2, 0) is 4.79 Å². The Balaban J connectivity index is 2.95. The summed E-state index contributed by atoms with van der Waals surface area (Å²) in [6.07, 6.45) is 0. The van der Waals surface area contributed by atoms with Crippen LogP contribution in [0, 0.1) is 0 Å². The van der Waals surface area contributed by atoms with Crippen LogP contribution in [0.3, 0.4) is 0 Å². The van der Waals surface area contributed by atoms with Gasteiger partial charge in [0.25, 0.3) is 0 Å². The molecule has 1 aromatic carbocycles. The summed E-state index contributed by atoms with van der Waals surface area (Å²) >= 11 is 0. The number of aliphatic carboxylic acids is 1. The normalized spacial score (nSPS) is 9.73. The lowest BCUT2D eigenvalue weighted by Gasteiger charge is -2.19. The predicted molar refractivity (Wildman–Crippen MR) is 58.3 cm³/mol. The van der Waals surface area contributed by atoms with Gasteiger partial charge >= 0.3 is 5.97 Å². The van der Waals surface area contributed by atoms with Crippen LogP contribution in [0.25, 0.3) is 0 Å². The Morgan fingerprint density at radius 2 is 2.27 bits per heavy atom. The van der Waals surface area contributed by atoms with Gasteiger partial charge in [0.15, 0.2) is 0 Å². The maximum Gasteiger partial charge on any atom is 0.323 e. The van der Waals surface area contributed by atoms with Gasteiger partial charge in [-0.05, 0) is 12.1 Å². The third-order valence-corrected chi connectivity index (χ3v) is 2.02. The van der Waals surface area contributed by atoms with Gasteiger partial charge in [0.1, 0.15) is 12.3 Å². The number of rotatable bonds is 4. The topological polar surface area (TPSA) is 75.8 Å². The molecular weight excluding hydrogens is 196 g/mol. The molecule has 1 rings (SSSR count). The van der Waals surface area contributed by atoms with Gasteiger partial charge in [-0.1, -0.05) is 0 Å². The Hall–Kier alpha value is -1.91. The molecule has 0 radical (unpaired) electrons. The fourth-order valence-electron chi connectivity index (χ4n) is 1.27. The molecule has 0 bridgehead atoms. The number of benzene rings is 1. The van der Waals surface area contributed by atoms with E-state index in [1.807, 2.05) is 0 Å². The van der Waals surface area contributed by atoms with Gasteiger partial charge in [0.05, 0.1) is 18.5 Å². The van der Waals surface area contributed by atoms with E-state index in [1.54, 1.807) is 37.3 Å². The van der Waals surface area contributed by atoms with Crippen LogP contribution in [0.4, 0.5) is 11.4 Å². The zero-order valence-corrected chi connectivity index (χ0v) is 8.73. The molecular formula is C10H14N2O3. The van der Waals surface area contributed by atoms with Crippen LogP contribution in [0.2, 0.25) is 0 Å². The van der Waals surface area contributed by atoms with E-state index in [0.29, 0.717) is 17.1 Å². The second-order valence-electron chi connectivity index (χ2n) is 3.17. The van der Waals surface area contributed by atoms with Crippen molar-refractivity contribution >= 4 is 17.3 Å². The molecule has 0 atom stereocenters. The van der Waals surface area contributed by atoms with Crippen LogP contribution in [0.5, 0.6) is 5.75 Å². The lowest BCUT2D eigenvalue weighted by molar-refractivity contribution is -0.135. The van der Waals surface area contributed by atoms with Crippen LogP contribution in [-0.4, -0.2) is 31.8 Å². The first kappa shape index (κ1) is 11.2. The van der Waals surface area contributed by atoms with Crippen molar-refractivity contribution in [3.05, 3.63) is 18.2 Å². The standard InChI is InChI=1S/C10H14N2O3/c1-12(6-10(13)14)9-5-7(15-2)3-4-8(9)11/h3-5H,6,11H2,1-2H3,(H,13,14). The molecule has 0 aliphatic rings. The van der Waals surface area contributed by atoms with Gasteiger partial charge in [-0.15, -0.1) is 0 Å². The SMILES string of the molecule is COc1ccc(N)c(N(C)CC(=O)O)c1. The molecule has 3 N–H and O–H groups in total. The number of anilines is 2. The van der Waals surface area contributed by atoms with E-state index in [-0.39, 0.29) is 6.54 Å². The molecule has 0 heterocycles. The third-order valence-electron chi connectivity index (χ3n) is 2.02. The van der Waals surface area contributed by atoms with Crippen molar-refractivity contribution in [2.75, 3.05) is 31.3 Å². The van der Waals surface area contributed by atoms with Crippen LogP contribution in [0.1, 0.15) is 0 Å². The Bertz CT molecular complexity index is 366. The van der Waals surface area contributed by atoms with Gasteiger partial charge in [0.2, 0.25) is 0 Å². The summed E-state index contributed by atoms with van der Waals surface area (Å²) in [5, 5.41) is 8.65. The zero-order valence-electron chi connectivity index (χ0n) is 8.73. The first-order valence-electron chi connectivity index (χ1n) is 4.41. The number of methoxy groups -OCH3 is 1. The molecule has 0 amide bonds. The first-order valence-corrected chi connectivity index (χ1v) is 4.41. The van der Waals surface area contributed by atoms with Gasteiger partial charge in [-0.25, -0.2) is 0 Å². The molecule has 0 spiro atoms. The maximum absolute atomic E-state index is 10.5. The molecule has 82 valence electrons. The van der Waals surface area contributed by atoms with Crippen LogP contribution < -0.4 is 15.4 Å². The highest BCUT2D eigenvalue weighted by Gasteiger charge is 2.09. The summed E-state index contributed by atoms with van der Waals surface area (Å²) in [7, 11) is 3.21. The van der Waals surface area contributed by atoms with Gasteiger partial charge in [0, 0.05) is 13.1 Å². The number of hydrogen-bond donors (Lipinski definition) is 2. The summed E-state index contributed by atoms with van der Waals surface area (Å²) in [6, 6.07) is 5.12. The molecule has 1 aromatic rings. The highest BCUT2D eigenvalue weighted by molar-refractivity contribution is 5.77. The molecule has 0 aromatic heterocycles. The average Bonchev–Trinajstić information content (AvgIpc) is 2.17. The third kappa shape index (κ3) is 2.77. The van der Waals surface area contributed by atoms with E-state index in [1.165, 1.54) is 0 Å². The number of hydrogen-bond acceptors (Lipinski definition) is 4. The van der Waals surface area contributed by atoms with Gasteiger partial charge in [-0.3, -0.25) is 4.79 Å². The minimum absolute atomic E-state index is 0.0998. The number of carboxylic acid groups (broad SMARTS) is 1. The highest BCUT2D eigenvalue weighted by Crippen LogP contribution is 2.26. The number of likely N-dealkylation sites (N-methyl/N-ethyl adjacent to an activating group) is 1. The summed E-state index contributed by atoms with van der Waals surface area (Å²) in [6.45, 7) is -0.0998. The van der Waals surface area contributed by atoms with Crippen molar-refractivity contribution in [2.45, 2.75) is 0 Å². The van der Waals surface area contributed by atoms with Crippen LogP contribution in [0.15, 0.2) is 18.2 Å². The Labute approximate surface area is 88.1 Å². The Morgan fingerprint density at radius 3 is 2.80 bits per heavy atom. The number of nitrogens with zero attached hydrogens (tertiary/aromatic N) is 1. The van der Waals surface area contributed by atoms with Crippen molar-refractivity contribution in [1.82, 2.24) is 0 Å². The van der Waals surface area contributed by atoms with E-state index in [4.69, 9.17) is 15.6 Å². The van der Waals surface area contributed by atoms with E-state index in [9.17, 15) is 4.79 Å². The highest BCUT2D eigenvalue weighted by atomic mass is 16.5. The van der Waals surface area contributed by atoms with Gasteiger partial charge in [-0.2, -0.15) is 0 Å². The quantitative estimate of drug-likeness (QED) is 0.719. The molecule has 0 saturated carbocycles. The lowest BCUT2D eigenvalue weighted by atomic mass is 10.2. The smallest absolute Gasteiger partial charge is 0.323 e. The van der Waals surface area contributed by atoms with Crippen molar-refractivity contribution < 1.29 is 14.6 Å². The van der Waals surface area contributed by atoms with Crippen molar-refractivity contribution in [1.29, 1.82) is 0 Å². The fraction of sp³-hybridized carbons (Fsp3) is 0.300. The monoisotopic (exact) mass is 210 g/mol. The van der Waals surface area contributed by atoms with E-state index in [2.05, 4.69) is 0 Å².